The van der Waals surface area contributed by atoms with Gasteiger partial charge in [0.25, 0.3) is 0 Å². The lowest BCUT2D eigenvalue weighted by atomic mass is 9.94. The quantitative estimate of drug-likeness (QED) is 0.607. The number of carbonyl (C=O) groups excluding carboxylic acids is 1. The van der Waals surface area contributed by atoms with Gasteiger partial charge in [0.05, 0.1) is 54.6 Å². The topological polar surface area (TPSA) is 80.3 Å². The lowest BCUT2D eigenvalue weighted by Crippen LogP contribution is -2.55. The molecule has 2 aliphatic heterocycles. The van der Waals surface area contributed by atoms with E-state index in [2.05, 4.69) is 10.2 Å². The summed E-state index contributed by atoms with van der Waals surface area (Å²) in [6.07, 6.45) is 1.07. The Morgan fingerprint density at radius 2 is 2.13 bits per heavy atom. The molecule has 0 saturated carbocycles. The molecule has 0 radical (unpaired) electrons. The fourth-order valence-electron chi connectivity index (χ4n) is 4.07. The van der Waals surface area contributed by atoms with E-state index in [9.17, 15) is 9.90 Å². The Labute approximate surface area is 187 Å². The van der Waals surface area contributed by atoms with Crippen LogP contribution in [-0.2, 0) is 25.5 Å². The summed E-state index contributed by atoms with van der Waals surface area (Å²) in [5.74, 6) is -0.0367. The van der Waals surface area contributed by atoms with Gasteiger partial charge in [-0.3, -0.25) is 9.69 Å². The highest BCUT2D eigenvalue weighted by molar-refractivity contribution is 6.42. The third-order valence-electron chi connectivity index (χ3n) is 5.50. The zero-order chi connectivity index (χ0) is 21.5. The highest BCUT2D eigenvalue weighted by Crippen LogP contribution is 2.30. The summed E-state index contributed by atoms with van der Waals surface area (Å²) in [5, 5.41) is 14.2. The number of carbonyl (C=O) groups is 1. The second-order valence-corrected chi connectivity index (χ2v) is 8.67. The first-order valence-electron chi connectivity index (χ1n) is 10.3. The third-order valence-corrected chi connectivity index (χ3v) is 6.24. The number of nitrogens with zero attached hydrogens (tertiary/aromatic N) is 1. The molecule has 1 aromatic rings. The molecule has 9 heteroatoms. The Hall–Kier alpha value is -0.930. The van der Waals surface area contributed by atoms with Gasteiger partial charge in [0.2, 0.25) is 5.91 Å². The first-order valence-corrected chi connectivity index (χ1v) is 11.1. The number of amides is 1. The van der Waals surface area contributed by atoms with Crippen LogP contribution in [0.5, 0.6) is 0 Å². The Balaban J connectivity index is 1.63. The van der Waals surface area contributed by atoms with Crippen LogP contribution in [-0.4, -0.2) is 80.3 Å². The molecule has 0 unspecified atom stereocenters. The Bertz CT molecular complexity index is 708. The van der Waals surface area contributed by atoms with Crippen molar-refractivity contribution in [2.24, 2.45) is 0 Å². The van der Waals surface area contributed by atoms with Crippen molar-refractivity contribution >= 4 is 29.1 Å². The first kappa shape index (κ1) is 23.7. The zero-order valence-electron chi connectivity index (χ0n) is 17.2. The molecular weight excluding hydrogens is 431 g/mol. The average Bonchev–Trinajstić information content (AvgIpc) is 2.69. The minimum absolute atomic E-state index is 0.0367. The predicted molar refractivity (Wildman–Crippen MR) is 115 cm³/mol. The van der Waals surface area contributed by atoms with Gasteiger partial charge in [-0.15, -0.1) is 0 Å². The highest BCUT2D eigenvalue weighted by atomic mass is 35.5. The van der Waals surface area contributed by atoms with Gasteiger partial charge in [-0.1, -0.05) is 29.3 Å². The number of nitrogens with one attached hydrogen (secondary N) is 1. The number of rotatable bonds is 7. The standard InChI is InChI=1S/C21H30Cl2N2O5/c1-28-7-6-24-21(27)9-16-3-5-19-20(30-16)13-29-12-15(26)11-25(19)10-14-2-4-17(22)18(23)8-14/h2,4,8,15-16,19-20,26H,3,5-7,9-13H2,1H3,(H,24,27)/t15-,16-,19+,20-/m0/s1. The van der Waals surface area contributed by atoms with E-state index in [0.717, 1.165) is 18.4 Å². The van der Waals surface area contributed by atoms with E-state index in [4.69, 9.17) is 37.4 Å². The van der Waals surface area contributed by atoms with Crippen molar-refractivity contribution in [3.63, 3.8) is 0 Å². The number of hydrogen-bond acceptors (Lipinski definition) is 6. The molecule has 2 aliphatic rings. The van der Waals surface area contributed by atoms with Gasteiger partial charge in [0, 0.05) is 32.8 Å². The molecule has 3 rings (SSSR count). The normalized spacial score (nSPS) is 27.7. The van der Waals surface area contributed by atoms with Crippen LogP contribution >= 0.6 is 23.2 Å². The molecule has 7 nitrogen and oxygen atoms in total. The molecule has 0 bridgehead atoms. The van der Waals surface area contributed by atoms with E-state index in [-0.39, 0.29) is 30.8 Å². The van der Waals surface area contributed by atoms with E-state index in [1.54, 1.807) is 13.2 Å². The van der Waals surface area contributed by atoms with E-state index >= 15 is 0 Å². The van der Waals surface area contributed by atoms with Gasteiger partial charge in [-0.2, -0.15) is 0 Å². The first-order chi connectivity index (χ1) is 14.5. The predicted octanol–water partition coefficient (Wildman–Crippen LogP) is 2.26. The maximum Gasteiger partial charge on any atom is 0.222 e. The van der Waals surface area contributed by atoms with Crippen molar-refractivity contribution in [3.05, 3.63) is 33.8 Å². The van der Waals surface area contributed by atoms with Crippen molar-refractivity contribution in [2.45, 2.75) is 50.2 Å². The fourth-order valence-corrected chi connectivity index (χ4v) is 4.39. The summed E-state index contributed by atoms with van der Waals surface area (Å²) in [6.45, 7) is 2.73. The summed E-state index contributed by atoms with van der Waals surface area (Å²) in [5.41, 5.74) is 1.02. The molecule has 30 heavy (non-hydrogen) atoms. The number of hydrogen-bond donors (Lipinski definition) is 2. The smallest absolute Gasteiger partial charge is 0.222 e. The van der Waals surface area contributed by atoms with E-state index in [0.29, 0.717) is 49.3 Å². The number of β-amino-alcohol motifs (C(OH)–C–C–N with tert-alkyl or cyclic N) is 1. The van der Waals surface area contributed by atoms with Crippen LogP contribution in [0.25, 0.3) is 0 Å². The zero-order valence-corrected chi connectivity index (χ0v) is 18.7. The third kappa shape index (κ3) is 6.79. The van der Waals surface area contributed by atoms with Crippen molar-refractivity contribution in [2.75, 3.05) is 40.0 Å². The summed E-state index contributed by atoms with van der Waals surface area (Å²) in [4.78, 5) is 14.4. The molecule has 2 heterocycles. The molecular formula is C21H30Cl2N2O5. The van der Waals surface area contributed by atoms with Crippen LogP contribution in [0.15, 0.2) is 18.2 Å². The highest BCUT2D eigenvalue weighted by Gasteiger charge is 2.38. The number of fused-ring (bicyclic) bond motifs is 1. The fraction of sp³-hybridized carbons (Fsp3) is 0.667. The largest absolute Gasteiger partial charge is 0.389 e. The molecule has 0 aromatic heterocycles. The number of benzene rings is 1. The van der Waals surface area contributed by atoms with E-state index < -0.39 is 6.10 Å². The average molecular weight is 461 g/mol. The van der Waals surface area contributed by atoms with Crippen LogP contribution in [0.3, 0.4) is 0 Å². The number of aliphatic hydroxyl groups excluding tert-OH is 1. The Morgan fingerprint density at radius 1 is 1.30 bits per heavy atom. The van der Waals surface area contributed by atoms with Gasteiger partial charge in [0.1, 0.15) is 0 Å². The molecule has 2 fully saturated rings. The number of methoxy groups -OCH3 is 1. The van der Waals surface area contributed by atoms with Crippen molar-refractivity contribution in [1.82, 2.24) is 10.2 Å². The van der Waals surface area contributed by atoms with E-state index in [1.807, 2.05) is 12.1 Å². The van der Waals surface area contributed by atoms with Crippen LogP contribution in [0.1, 0.15) is 24.8 Å². The monoisotopic (exact) mass is 460 g/mol. The van der Waals surface area contributed by atoms with Crippen LogP contribution in [0.2, 0.25) is 10.0 Å². The van der Waals surface area contributed by atoms with Crippen molar-refractivity contribution in [3.8, 4) is 0 Å². The van der Waals surface area contributed by atoms with Crippen molar-refractivity contribution < 1.29 is 24.1 Å². The summed E-state index contributed by atoms with van der Waals surface area (Å²) in [6, 6.07) is 5.68. The van der Waals surface area contributed by atoms with Gasteiger partial charge in [0.15, 0.2) is 0 Å². The lowest BCUT2D eigenvalue weighted by molar-refractivity contribution is -0.158. The molecule has 4 atom stereocenters. The molecule has 0 spiro atoms. The van der Waals surface area contributed by atoms with Gasteiger partial charge in [-0.05, 0) is 30.5 Å². The van der Waals surface area contributed by atoms with Crippen molar-refractivity contribution in [1.29, 1.82) is 0 Å². The summed E-state index contributed by atoms with van der Waals surface area (Å²) >= 11 is 12.2. The maximum atomic E-state index is 12.1. The van der Waals surface area contributed by atoms with Crippen LogP contribution in [0.4, 0.5) is 0 Å². The molecule has 0 aliphatic carbocycles. The maximum absolute atomic E-state index is 12.1. The number of halogens is 2. The molecule has 1 aromatic carbocycles. The van der Waals surface area contributed by atoms with Crippen LogP contribution in [0, 0.1) is 0 Å². The van der Waals surface area contributed by atoms with Gasteiger partial charge in [-0.25, -0.2) is 0 Å². The number of ether oxygens (including phenoxy) is 3. The van der Waals surface area contributed by atoms with E-state index in [1.165, 1.54) is 0 Å². The SMILES string of the molecule is COCCNC(=O)C[C@@H]1CC[C@@H]2[C@H](COC[C@@H](O)CN2Cc2ccc(Cl)c(Cl)c2)O1. The second kappa shape index (κ2) is 11.6. The molecule has 2 saturated heterocycles. The Morgan fingerprint density at radius 3 is 2.90 bits per heavy atom. The summed E-state index contributed by atoms with van der Waals surface area (Å²) < 4.78 is 16.9. The number of aliphatic hydroxyl groups is 1. The van der Waals surface area contributed by atoms with Crippen LogP contribution < -0.4 is 5.32 Å². The molecule has 2 N–H and O–H groups in total. The molecule has 168 valence electrons. The minimum atomic E-state index is -0.571. The van der Waals surface area contributed by atoms with Gasteiger partial charge < -0.3 is 24.6 Å². The molecule has 1 amide bonds. The van der Waals surface area contributed by atoms with Gasteiger partial charge >= 0.3 is 0 Å². The lowest BCUT2D eigenvalue weighted by Gasteiger charge is -2.44. The summed E-state index contributed by atoms with van der Waals surface area (Å²) in [7, 11) is 1.60. The Kier molecular flexibility index (Phi) is 9.19. The minimum Gasteiger partial charge on any atom is -0.389 e. The second-order valence-electron chi connectivity index (χ2n) is 7.86.